The van der Waals surface area contributed by atoms with Crippen LogP contribution < -0.4 is 4.74 Å². The summed E-state index contributed by atoms with van der Waals surface area (Å²) in [4.78, 5) is 7.63. The third kappa shape index (κ3) is 5.17. The maximum absolute atomic E-state index is 10.3. The molecule has 2 N–H and O–H groups in total. The van der Waals surface area contributed by atoms with Gasteiger partial charge in [-0.3, -0.25) is 9.80 Å². The fraction of sp³-hybridized carbons (Fsp3) is 0.727. The van der Waals surface area contributed by atoms with Crippen LogP contribution in [0.3, 0.4) is 0 Å². The molecule has 2 heterocycles. The molecular formula is C22H37N3O3. The highest BCUT2D eigenvalue weighted by molar-refractivity contribution is 5.39. The monoisotopic (exact) mass is 391 g/mol. The molecule has 0 amide bonds. The largest absolute Gasteiger partial charge is 0.507 e. The van der Waals surface area contributed by atoms with Crippen LogP contribution in [0.4, 0.5) is 0 Å². The van der Waals surface area contributed by atoms with Crippen molar-refractivity contribution in [2.45, 2.75) is 57.8 Å². The van der Waals surface area contributed by atoms with E-state index in [0.717, 1.165) is 38.2 Å². The number of aromatic hydroxyl groups is 1. The number of hydrogen-bond donors (Lipinski definition) is 2. The highest BCUT2D eigenvalue weighted by Crippen LogP contribution is 2.28. The maximum Gasteiger partial charge on any atom is 0.123 e. The van der Waals surface area contributed by atoms with Crippen LogP contribution in [0.5, 0.6) is 11.5 Å². The molecule has 0 radical (unpaired) electrons. The van der Waals surface area contributed by atoms with E-state index < -0.39 is 0 Å². The summed E-state index contributed by atoms with van der Waals surface area (Å²) < 4.78 is 5.18. The van der Waals surface area contributed by atoms with Gasteiger partial charge in [0.25, 0.3) is 0 Å². The number of phenols is 1. The van der Waals surface area contributed by atoms with E-state index in [0.29, 0.717) is 29.6 Å². The van der Waals surface area contributed by atoms with Crippen LogP contribution in [0.25, 0.3) is 0 Å². The molecule has 1 aromatic carbocycles. The topological polar surface area (TPSA) is 59.4 Å². The zero-order valence-electron chi connectivity index (χ0n) is 17.7. The quantitative estimate of drug-likeness (QED) is 0.743. The van der Waals surface area contributed by atoms with Crippen LogP contribution >= 0.6 is 0 Å². The second-order valence-corrected chi connectivity index (χ2v) is 8.49. The molecule has 0 aliphatic carbocycles. The Morgan fingerprint density at radius 2 is 1.89 bits per heavy atom. The van der Waals surface area contributed by atoms with Crippen molar-refractivity contribution in [2.75, 3.05) is 46.4 Å². The maximum atomic E-state index is 10.3. The van der Waals surface area contributed by atoms with Crippen LogP contribution in [0.2, 0.25) is 0 Å². The second kappa shape index (κ2) is 9.92. The molecule has 28 heavy (non-hydrogen) atoms. The molecular weight excluding hydrogens is 354 g/mol. The number of rotatable bonds is 7. The number of nitrogens with zero attached hydrogens (tertiary/aromatic N) is 3. The van der Waals surface area contributed by atoms with Gasteiger partial charge in [0.15, 0.2) is 0 Å². The molecule has 6 nitrogen and oxygen atoms in total. The normalized spacial score (nSPS) is 23.4. The van der Waals surface area contributed by atoms with Crippen LogP contribution in [-0.2, 0) is 6.54 Å². The summed E-state index contributed by atoms with van der Waals surface area (Å²) in [6.07, 6.45) is 3.26. The minimum absolute atomic E-state index is 0.230. The first-order valence-corrected chi connectivity index (χ1v) is 10.7. The Balaban J connectivity index is 1.59. The number of benzene rings is 1. The standard InChI is InChI=1S/C22H37N3O3/c1-17(2)24-9-6-19(7-10-24)25-12-11-23(16-20(25)8-13-26)15-18-4-5-21(28-3)14-22(18)27/h4-5,14,17,19-20,26-27H,6-13,15-16H2,1-3H3. The van der Waals surface area contributed by atoms with Gasteiger partial charge in [0.1, 0.15) is 11.5 Å². The zero-order valence-corrected chi connectivity index (χ0v) is 17.7. The molecule has 6 heteroatoms. The van der Waals surface area contributed by atoms with Crippen LogP contribution in [0.15, 0.2) is 18.2 Å². The van der Waals surface area contributed by atoms with Crippen molar-refractivity contribution in [1.29, 1.82) is 0 Å². The zero-order chi connectivity index (χ0) is 20.1. The van der Waals surface area contributed by atoms with E-state index in [9.17, 15) is 10.2 Å². The fourth-order valence-electron chi connectivity index (χ4n) is 4.74. The van der Waals surface area contributed by atoms with E-state index in [1.54, 1.807) is 13.2 Å². The highest BCUT2D eigenvalue weighted by atomic mass is 16.5. The highest BCUT2D eigenvalue weighted by Gasteiger charge is 2.34. The Bertz CT molecular complexity index is 617. The SMILES string of the molecule is COc1ccc(CN2CCN(C3CCN(C(C)C)CC3)C(CCO)C2)c(O)c1. The smallest absolute Gasteiger partial charge is 0.123 e. The van der Waals surface area contributed by atoms with Gasteiger partial charge >= 0.3 is 0 Å². The van der Waals surface area contributed by atoms with Crippen molar-refractivity contribution in [2.24, 2.45) is 0 Å². The summed E-state index contributed by atoms with van der Waals surface area (Å²) in [5, 5.41) is 19.9. The minimum atomic E-state index is 0.230. The van der Waals surface area contributed by atoms with Crippen molar-refractivity contribution in [1.82, 2.24) is 14.7 Å². The average Bonchev–Trinajstić information content (AvgIpc) is 2.70. The number of piperidine rings is 1. The second-order valence-electron chi connectivity index (χ2n) is 8.49. The van der Waals surface area contributed by atoms with E-state index in [-0.39, 0.29) is 6.61 Å². The van der Waals surface area contributed by atoms with Gasteiger partial charge in [-0.2, -0.15) is 0 Å². The van der Waals surface area contributed by atoms with Gasteiger partial charge < -0.3 is 19.8 Å². The van der Waals surface area contributed by atoms with E-state index in [1.165, 1.54) is 25.9 Å². The first-order chi connectivity index (χ1) is 13.5. The molecule has 0 spiro atoms. The van der Waals surface area contributed by atoms with Crippen molar-refractivity contribution in [3.63, 3.8) is 0 Å². The van der Waals surface area contributed by atoms with Crippen molar-refractivity contribution in [3.05, 3.63) is 23.8 Å². The van der Waals surface area contributed by atoms with E-state index >= 15 is 0 Å². The summed E-state index contributed by atoms with van der Waals surface area (Å²) in [6.45, 7) is 10.8. The third-order valence-corrected chi connectivity index (χ3v) is 6.46. The number of aliphatic hydroxyl groups is 1. The molecule has 2 aliphatic heterocycles. The summed E-state index contributed by atoms with van der Waals surface area (Å²) in [6, 6.07) is 7.17. The molecule has 0 saturated carbocycles. The summed E-state index contributed by atoms with van der Waals surface area (Å²) >= 11 is 0. The molecule has 2 aliphatic rings. The third-order valence-electron chi connectivity index (χ3n) is 6.46. The summed E-state index contributed by atoms with van der Waals surface area (Å²) in [5.74, 6) is 0.971. The minimum Gasteiger partial charge on any atom is -0.507 e. The molecule has 1 unspecified atom stereocenters. The van der Waals surface area contributed by atoms with Gasteiger partial charge in [-0.1, -0.05) is 6.07 Å². The molecule has 0 bridgehead atoms. The van der Waals surface area contributed by atoms with Crippen molar-refractivity contribution >= 4 is 0 Å². The molecule has 2 fully saturated rings. The number of aliphatic hydroxyl groups excluding tert-OH is 1. The van der Waals surface area contributed by atoms with Crippen LogP contribution in [0.1, 0.15) is 38.7 Å². The van der Waals surface area contributed by atoms with Gasteiger partial charge in [-0.25, -0.2) is 0 Å². The Labute approximate surface area is 169 Å². The lowest BCUT2D eigenvalue weighted by Crippen LogP contribution is -2.58. The molecule has 3 rings (SSSR count). The number of phenolic OH excluding ortho intramolecular Hbond substituents is 1. The Morgan fingerprint density at radius 3 is 2.50 bits per heavy atom. The Hall–Kier alpha value is -1.34. The van der Waals surface area contributed by atoms with Crippen molar-refractivity contribution < 1.29 is 14.9 Å². The Morgan fingerprint density at radius 1 is 1.14 bits per heavy atom. The predicted octanol–water partition coefficient (Wildman–Crippen LogP) is 2.14. The number of likely N-dealkylation sites (tertiary alicyclic amines) is 1. The Kier molecular flexibility index (Phi) is 7.57. The van der Waals surface area contributed by atoms with Gasteiger partial charge in [-0.05, 0) is 52.3 Å². The first-order valence-electron chi connectivity index (χ1n) is 10.7. The molecule has 0 aromatic heterocycles. The molecule has 1 atom stereocenters. The first kappa shape index (κ1) is 21.4. The fourth-order valence-corrected chi connectivity index (χ4v) is 4.74. The number of piperazine rings is 1. The number of ether oxygens (including phenoxy) is 1. The summed E-state index contributed by atoms with van der Waals surface area (Å²) in [5.41, 5.74) is 0.933. The average molecular weight is 392 g/mol. The van der Waals surface area contributed by atoms with E-state index in [2.05, 4.69) is 28.5 Å². The molecule has 1 aromatic rings. The number of methoxy groups -OCH3 is 1. The van der Waals surface area contributed by atoms with Gasteiger partial charge in [-0.15, -0.1) is 0 Å². The lowest BCUT2D eigenvalue weighted by Gasteiger charge is -2.48. The number of hydrogen-bond acceptors (Lipinski definition) is 6. The van der Waals surface area contributed by atoms with Crippen LogP contribution in [0, 0.1) is 0 Å². The molecule has 158 valence electrons. The van der Waals surface area contributed by atoms with E-state index in [1.807, 2.05) is 12.1 Å². The van der Waals surface area contributed by atoms with Crippen LogP contribution in [-0.4, -0.2) is 89.5 Å². The predicted molar refractivity (Wildman–Crippen MR) is 112 cm³/mol. The summed E-state index contributed by atoms with van der Waals surface area (Å²) in [7, 11) is 1.61. The van der Waals surface area contributed by atoms with Gasteiger partial charge in [0, 0.05) is 62.5 Å². The van der Waals surface area contributed by atoms with E-state index in [4.69, 9.17) is 4.74 Å². The van der Waals surface area contributed by atoms with Crippen molar-refractivity contribution in [3.8, 4) is 11.5 Å². The van der Waals surface area contributed by atoms with Gasteiger partial charge in [0.05, 0.1) is 7.11 Å². The lowest BCUT2D eigenvalue weighted by atomic mass is 9.97. The lowest BCUT2D eigenvalue weighted by molar-refractivity contribution is -0.000199. The van der Waals surface area contributed by atoms with Gasteiger partial charge in [0.2, 0.25) is 0 Å². The molecule has 2 saturated heterocycles.